The monoisotopic (exact) mass is 190 g/mol. The van der Waals surface area contributed by atoms with Gasteiger partial charge in [0.1, 0.15) is 0 Å². The van der Waals surface area contributed by atoms with Crippen LogP contribution < -0.4 is 5.73 Å². The molecule has 0 radical (unpaired) electrons. The molecule has 0 aliphatic rings. The van der Waals surface area contributed by atoms with E-state index in [4.69, 9.17) is 5.73 Å². The predicted octanol–water partition coefficient (Wildman–Crippen LogP) is 1.55. The van der Waals surface area contributed by atoms with Gasteiger partial charge in [-0.25, -0.2) is 0 Å². The molecule has 0 amide bonds. The fourth-order valence-electron chi connectivity index (χ4n) is 1.63. The Hall–Kier alpha value is -1.32. The van der Waals surface area contributed by atoms with Crippen LogP contribution in [0.15, 0.2) is 30.5 Å². The van der Waals surface area contributed by atoms with Gasteiger partial charge in [-0.15, -0.1) is 0 Å². The number of aromatic nitrogens is 1. The van der Waals surface area contributed by atoms with Crippen LogP contribution in [0.25, 0.3) is 10.9 Å². The summed E-state index contributed by atoms with van der Waals surface area (Å²) in [6, 6.07) is 7.60. The third kappa shape index (κ3) is 1.41. The summed E-state index contributed by atoms with van der Waals surface area (Å²) >= 11 is 0. The van der Waals surface area contributed by atoms with E-state index in [1.807, 2.05) is 30.5 Å². The van der Waals surface area contributed by atoms with Crippen LogP contribution in [-0.4, -0.2) is 16.2 Å². The van der Waals surface area contributed by atoms with E-state index >= 15 is 0 Å². The summed E-state index contributed by atoms with van der Waals surface area (Å²) in [5.74, 6) is 0. The summed E-state index contributed by atoms with van der Waals surface area (Å²) in [5, 5.41) is 10.5. The van der Waals surface area contributed by atoms with Crippen LogP contribution >= 0.6 is 0 Å². The van der Waals surface area contributed by atoms with Crippen molar-refractivity contribution in [2.24, 2.45) is 5.73 Å². The van der Waals surface area contributed by atoms with E-state index in [9.17, 15) is 5.11 Å². The molecule has 0 aliphatic carbocycles. The molecule has 74 valence electrons. The minimum atomic E-state index is -0.533. The topological polar surface area (TPSA) is 62.0 Å². The Morgan fingerprint density at radius 1 is 1.36 bits per heavy atom. The van der Waals surface area contributed by atoms with Gasteiger partial charge >= 0.3 is 0 Å². The van der Waals surface area contributed by atoms with Gasteiger partial charge in [-0.05, 0) is 18.6 Å². The minimum Gasteiger partial charge on any atom is -0.391 e. The number of nitrogens with one attached hydrogen (secondary N) is 1. The second-order valence-corrected chi connectivity index (χ2v) is 3.56. The molecule has 1 aromatic heterocycles. The number of nitrogens with two attached hydrogens (primary N) is 1. The Labute approximate surface area is 82.6 Å². The summed E-state index contributed by atoms with van der Waals surface area (Å²) in [5.41, 5.74) is 7.90. The minimum absolute atomic E-state index is 0.328. The summed E-state index contributed by atoms with van der Waals surface area (Å²) in [7, 11) is 0. The highest BCUT2D eigenvalue weighted by molar-refractivity contribution is 5.83. The SMILES string of the molecule is C[C@H](O)[C@H](N)c1c[nH]c2ccccc12. The number of fused-ring (bicyclic) bond motifs is 1. The molecule has 1 heterocycles. The standard InChI is InChI=1S/C11H14N2O/c1-7(14)11(12)9-6-13-10-5-3-2-4-8(9)10/h2-7,11,13-14H,12H2,1H3/t7-,11-/m0/s1. The van der Waals surface area contributed by atoms with Crippen LogP contribution in [0, 0.1) is 0 Å². The molecule has 3 heteroatoms. The van der Waals surface area contributed by atoms with E-state index < -0.39 is 6.10 Å². The summed E-state index contributed by atoms with van der Waals surface area (Å²) in [6.45, 7) is 1.70. The van der Waals surface area contributed by atoms with Crippen molar-refractivity contribution in [1.29, 1.82) is 0 Å². The van der Waals surface area contributed by atoms with Crippen molar-refractivity contribution in [2.75, 3.05) is 0 Å². The molecule has 0 saturated heterocycles. The zero-order chi connectivity index (χ0) is 10.1. The fraction of sp³-hybridized carbons (Fsp3) is 0.273. The molecule has 2 aromatic rings. The van der Waals surface area contributed by atoms with Crippen LogP contribution in [0.3, 0.4) is 0 Å². The molecular formula is C11H14N2O. The lowest BCUT2D eigenvalue weighted by Gasteiger charge is -2.13. The number of hydrogen-bond donors (Lipinski definition) is 3. The molecule has 0 bridgehead atoms. The van der Waals surface area contributed by atoms with Gasteiger partial charge in [0.05, 0.1) is 12.1 Å². The number of aromatic amines is 1. The Morgan fingerprint density at radius 2 is 2.07 bits per heavy atom. The first kappa shape index (κ1) is 9.24. The lowest BCUT2D eigenvalue weighted by atomic mass is 10.0. The lowest BCUT2D eigenvalue weighted by molar-refractivity contribution is 0.165. The van der Waals surface area contributed by atoms with Crippen molar-refractivity contribution < 1.29 is 5.11 Å². The van der Waals surface area contributed by atoms with Gasteiger partial charge < -0.3 is 15.8 Å². The molecule has 3 nitrogen and oxygen atoms in total. The molecule has 14 heavy (non-hydrogen) atoms. The zero-order valence-corrected chi connectivity index (χ0v) is 8.07. The van der Waals surface area contributed by atoms with Crippen molar-refractivity contribution in [3.8, 4) is 0 Å². The fourth-order valence-corrected chi connectivity index (χ4v) is 1.63. The first-order valence-corrected chi connectivity index (χ1v) is 4.70. The van der Waals surface area contributed by atoms with E-state index in [0.717, 1.165) is 16.5 Å². The van der Waals surface area contributed by atoms with Crippen LogP contribution in [0.4, 0.5) is 0 Å². The van der Waals surface area contributed by atoms with Crippen molar-refractivity contribution >= 4 is 10.9 Å². The van der Waals surface area contributed by atoms with Crippen LogP contribution in [0.5, 0.6) is 0 Å². The van der Waals surface area contributed by atoms with E-state index in [1.165, 1.54) is 0 Å². The summed E-state index contributed by atoms with van der Waals surface area (Å²) in [4.78, 5) is 3.13. The Kier molecular flexibility index (Phi) is 2.27. The van der Waals surface area contributed by atoms with Crippen molar-refractivity contribution in [1.82, 2.24) is 4.98 Å². The van der Waals surface area contributed by atoms with Crippen LogP contribution in [0.2, 0.25) is 0 Å². The van der Waals surface area contributed by atoms with Crippen molar-refractivity contribution in [2.45, 2.75) is 19.1 Å². The van der Waals surface area contributed by atoms with E-state index in [-0.39, 0.29) is 6.04 Å². The molecule has 0 fully saturated rings. The van der Waals surface area contributed by atoms with Gasteiger partial charge in [-0.3, -0.25) is 0 Å². The lowest BCUT2D eigenvalue weighted by Crippen LogP contribution is -2.22. The first-order valence-electron chi connectivity index (χ1n) is 4.70. The number of benzene rings is 1. The normalized spacial score (nSPS) is 15.6. The Balaban J connectivity index is 2.53. The second-order valence-electron chi connectivity index (χ2n) is 3.56. The molecule has 0 unspecified atom stereocenters. The first-order chi connectivity index (χ1) is 6.70. The highest BCUT2D eigenvalue weighted by Gasteiger charge is 2.15. The Morgan fingerprint density at radius 3 is 2.79 bits per heavy atom. The molecule has 0 spiro atoms. The summed E-state index contributed by atoms with van der Waals surface area (Å²) < 4.78 is 0. The van der Waals surface area contributed by atoms with Gasteiger partial charge in [0.2, 0.25) is 0 Å². The third-order valence-electron chi connectivity index (χ3n) is 2.50. The largest absolute Gasteiger partial charge is 0.391 e. The van der Waals surface area contributed by atoms with Crippen LogP contribution in [0.1, 0.15) is 18.5 Å². The number of hydrogen-bond acceptors (Lipinski definition) is 2. The molecule has 1 aromatic carbocycles. The second kappa shape index (κ2) is 3.44. The number of aliphatic hydroxyl groups excluding tert-OH is 1. The highest BCUT2D eigenvalue weighted by atomic mass is 16.3. The number of rotatable bonds is 2. The maximum absolute atomic E-state index is 9.41. The molecule has 4 N–H and O–H groups in total. The maximum Gasteiger partial charge on any atom is 0.0705 e. The predicted molar refractivity (Wildman–Crippen MR) is 56.9 cm³/mol. The zero-order valence-electron chi connectivity index (χ0n) is 8.07. The number of aliphatic hydroxyl groups is 1. The molecule has 0 aliphatic heterocycles. The average molecular weight is 190 g/mol. The van der Waals surface area contributed by atoms with Gasteiger partial charge in [-0.1, -0.05) is 18.2 Å². The quantitative estimate of drug-likeness (QED) is 0.672. The number of para-hydroxylation sites is 1. The molecule has 0 saturated carbocycles. The molecular weight excluding hydrogens is 176 g/mol. The van der Waals surface area contributed by atoms with Crippen molar-refractivity contribution in [3.63, 3.8) is 0 Å². The van der Waals surface area contributed by atoms with Gasteiger partial charge in [0, 0.05) is 17.1 Å². The van der Waals surface area contributed by atoms with Crippen molar-refractivity contribution in [3.05, 3.63) is 36.0 Å². The molecule has 2 rings (SSSR count). The van der Waals surface area contributed by atoms with E-state index in [2.05, 4.69) is 4.98 Å². The van der Waals surface area contributed by atoms with E-state index in [0.29, 0.717) is 0 Å². The average Bonchev–Trinajstić information content (AvgIpc) is 2.60. The summed E-state index contributed by atoms with van der Waals surface area (Å²) in [6.07, 6.45) is 1.33. The number of H-pyrrole nitrogens is 1. The Bertz CT molecular complexity index is 434. The van der Waals surface area contributed by atoms with Gasteiger partial charge in [0.15, 0.2) is 0 Å². The van der Waals surface area contributed by atoms with Crippen LogP contribution in [-0.2, 0) is 0 Å². The van der Waals surface area contributed by atoms with Gasteiger partial charge in [-0.2, -0.15) is 0 Å². The maximum atomic E-state index is 9.41. The smallest absolute Gasteiger partial charge is 0.0705 e. The highest BCUT2D eigenvalue weighted by Crippen LogP contribution is 2.24. The van der Waals surface area contributed by atoms with Gasteiger partial charge in [0.25, 0.3) is 0 Å². The third-order valence-corrected chi connectivity index (χ3v) is 2.50. The van der Waals surface area contributed by atoms with E-state index in [1.54, 1.807) is 6.92 Å². The molecule has 2 atom stereocenters.